The third-order valence-electron chi connectivity index (χ3n) is 0.778. The van der Waals surface area contributed by atoms with E-state index in [2.05, 4.69) is 4.42 Å². The van der Waals surface area contributed by atoms with Crippen molar-refractivity contribution in [1.29, 1.82) is 0 Å². The van der Waals surface area contributed by atoms with Crippen LogP contribution in [0.15, 0.2) is 21.5 Å². The number of rotatable bonds is 0. The third-order valence-corrected chi connectivity index (χ3v) is 1.55. The first-order chi connectivity index (χ1) is 4.22. The molecule has 9 heavy (non-hydrogen) atoms. The molecule has 0 aliphatic carbocycles. The van der Waals surface area contributed by atoms with Gasteiger partial charge in [0.2, 0.25) is 0 Å². The van der Waals surface area contributed by atoms with Crippen LogP contribution in [0, 0.1) is 0 Å². The highest BCUT2D eigenvalue weighted by Gasteiger charge is 2.00. The summed E-state index contributed by atoms with van der Waals surface area (Å²) in [6.07, 6.45) is 1.19. The van der Waals surface area contributed by atoms with E-state index in [1.165, 1.54) is 12.3 Å². The van der Waals surface area contributed by atoms with Gasteiger partial charge in [0, 0.05) is 0 Å². The van der Waals surface area contributed by atoms with Crippen LogP contribution < -0.4 is 5.63 Å². The second kappa shape index (κ2) is 2.42. The summed E-state index contributed by atoms with van der Waals surface area (Å²) in [7, 11) is 0. The second-order valence-corrected chi connectivity index (χ2v) is 2.16. The Labute approximate surface area is 61.0 Å². The Bertz CT molecular complexity index is 266. The summed E-state index contributed by atoms with van der Waals surface area (Å²) in [5.74, 6) is 0. The zero-order chi connectivity index (χ0) is 6.85. The lowest BCUT2D eigenvalue weighted by Crippen LogP contribution is -1.96. The Morgan fingerprint density at radius 1 is 1.44 bits per heavy atom. The van der Waals surface area contributed by atoms with E-state index < -0.39 is 5.63 Å². The minimum absolute atomic E-state index is 0.0702. The molecule has 1 heterocycles. The van der Waals surface area contributed by atoms with Crippen molar-refractivity contribution < 1.29 is 4.42 Å². The monoisotopic (exact) mass is 164 g/mol. The summed E-state index contributed by atoms with van der Waals surface area (Å²) >= 11 is 10.8. The molecule has 0 bridgehead atoms. The fourth-order valence-electron chi connectivity index (χ4n) is 0.378. The zero-order valence-corrected chi connectivity index (χ0v) is 5.74. The Kier molecular flexibility index (Phi) is 1.78. The van der Waals surface area contributed by atoms with Crippen LogP contribution in [-0.4, -0.2) is 0 Å². The molecule has 0 spiro atoms. The molecule has 2 nitrogen and oxygen atoms in total. The van der Waals surface area contributed by atoms with Gasteiger partial charge in [-0.2, -0.15) is 0 Å². The Balaban J connectivity index is 3.43. The molecule has 0 aromatic carbocycles. The van der Waals surface area contributed by atoms with Crippen molar-refractivity contribution in [1.82, 2.24) is 0 Å². The average Bonchev–Trinajstić information content (AvgIpc) is 1.83. The molecule has 0 radical (unpaired) electrons. The molecule has 0 fully saturated rings. The van der Waals surface area contributed by atoms with E-state index >= 15 is 0 Å². The molecule has 0 unspecified atom stereocenters. The van der Waals surface area contributed by atoms with Crippen LogP contribution in [0.2, 0.25) is 10.0 Å². The molecule has 0 aliphatic rings. The minimum Gasteiger partial charge on any atom is -0.430 e. The van der Waals surface area contributed by atoms with E-state index in [0.717, 1.165) is 0 Å². The molecule has 1 rings (SSSR count). The fraction of sp³-hybridized carbons (Fsp3) is 0. The maximum atomic E-state index is 10.5. The van der Waals surface area contributed by atoms with Crippen molar-refractivity contribution in [3.05, 3.63) is 32.8 Å². The van der Waals surface area contributed by atoms with Crippen molar-refractivity contribution in [3.63, 3.8) is 0 Å². The summed E-state index contributed by atoms with van der Waals surface area (Å²) in [5.41, 5.74) is -0.607. The molecule has 48 valence electrons. The first-order valence-electron chi connectivity index (χ1n) is 2.14. The second-order valence-electron chi connectivity index (χ2n) is 1.37. The van der Waals surface area contributed by atoms with Crippen LogP contribution in [0.25, 0.3) is 0 Å². The lowest BCUT2D eigenvalue weighted by Gasteiger charge is -1.87. The largest absolute Gasteiger partial charge is 0.430 e. The van der Waals surface area contributed by atoms with E-state index in [9.17, 15) is 4.79 Å². The van der Waals surface area contributed by atoms with E-state index in [0.29, 0.717) is 0 Å². The van der Waals surface area contributed by atoms with Gasteiger partial charge in [-0.25, -0.2) is 4.79 Å². The molecule has 0 saturated heterocycles. The van der Waals surface area contributed by atoms with E-state index in [4.69, 9.17) is 23.2 Å². The SMILES string of the molecule is O=c1occc(Cl)c1Cl. The Morgan fingerprint density at radius 3 is 2.56 bits per heavy atom. The Hall–Kier alpha value is -0.470. The molecule has 0 atom stereocenters. The number of hydrogen-bond acceptors (Lipinski definition) is 2. The summed E-state index contributed by atoms with van der Waals surface area (Å²) < 4.78 is 4.37. The Morgan fingerprint density at radius 2 is 2.11 bits per heavy atom. The topological polar surface area (TPSA) is 30.2 Å². The minimum atomic E-state index is -0.607. The molecule has 4 heteroatoms. The summed E-state index contributed by atoms with van der Waals surface area (Å²) in [4.78, 5) is 10.5. The van der Waals surface area contributed by atoms with Gasteiger partial charge in [-0.15, -0.1) is 0 Å². The maximum Gasteiger partial charge on any atom is 0.356 e. The smallest absolute Gasteiger partial charge is 0.356 e. The summed E-state index contributed by atoms with van der Waals surface area (Å²) in [6.45, 7) is 0. The van der Waals surface area contributed by atoms with Crippen LogP contribution in [0.4, 0.5) is 0 Å². The normalized spacial score (nSPS) is 9.56. The van der Waals surface area contributed by atoms with Gasteiger partial charge < -0.3 is 4.42 Å². The van der Waals surface area contributed by atoms with Crippen LogP contribution in [-0.2, 0) is 0 Å². The first-order valence-corrected chi connectivity index (χ1v) is 2.90. The zero-order valence-electron chi connectivity index (χ0n) is 4.23. The van der Waals surface area contributed by atoms with Gasteiger partial charge in [-0.05, 0) is 6.07 Å². The molecule has 0 aliphatic heterocycles. The van der Waals surface area contributed by atoms with Crippen molar-refractivity contribution in [2.75, 3.05) is 0 Å². The molecule has 0 saturated carbocycles. The van der Waals surface area contributed by atoms with Gasteiger partial charge >= 0.3 is 5.63 Å². The van der Waals surface area contributed by atoms with Gasteiger partial charge in [0.15, 0.2) is 0 Å². The standard InChI is InChI=1S/C5H2Cl2O2/c6-3-1-2-9-5(8)4(3)7/h1-2H. The summed E-state index contributed by atoms with van der Waals surface area (Å²) in [5, 5.41) is 0.145. The molecular formula is C5H2Cl2O2. The predicted molar refractivity (Wildman–Crippen MR) is 35.0 cm³/mol. The molecule has 0 amide bonds. The van der Waals surface area contributed by atoms with Crippen LogP contribution in [0.5, 0.6) is 0 Å². The van der Waals surface area contributed by atoms with Crippen molar-refractivity contribution in [2.24, 2.45) is 0 Å². The van der Waals surface area contributed by atoms with E-state index in [1.54, 1.807) is 0 Å². The van der Waals surface area contributed by atoms with Crippen molar-refractivity contribution in [2.45, 2.75) is 0 Å². The molecular weight excluding hydrogens is 163 g/mol. The average molecular weight is 165 g/mol. The van der Waals surface area contributed by atoms with Crippen molar-refractivity contribution >= 4 is 23.2 Å². The first kappa shape index (κ1) is 6.65. The van der Waals surface area contributed by atoms with E-state index in [-0.39, 0.29) is 10.0 Å². The lowest BCUT2D eigenvalue weighted by atomic mass is 10.5. The highest BCUT2D eigenvalue weighted by Crippen LogP contribution is 2.15. The lowest BCUT2D eigenvalue weighted by molar-refractivity contribution is 0.511. The van der Waals surface area contributed by atoms with Gasteiger partial charge in [-0.1, -0.05) is 23.2 Å². The van der Waals surface area contributed by atoms with Crippen LogP contribution >= 0.6 is 23.2 Å². The van der Waals surface area contributed by atoms with E-state index in [1.807, 2.05) is 0 Å². The van der Waals surface area contributed by atoms with Gasteiger partial charge in [0.25, 0.3) is 0 Å². The summed E-state index contributed by atoms with van der Waals surface area (Å²) in [6, 6.07) is 1.41. The van der Waals surface area contributed by atoms with Gasteiger partial charge in [0.1, 0.15) is 5.02 Å². The van der Waals surface area contributed by atoms with Crippen LogP contribution in [0.3, 0.4) is 0 Å². The predicted octanol–water partition coefficient (Wildman–Crippen LogP) is 1.95. The fourth-order valence-corrected chi connectivity index (χ4v) is 0.614. The number of halogens is 2. The van der Waals surface area contributed by atoms with Gasteiger partial charge in [-0.3, -0.25) is 0 Å². The maximum absolute atomic E-state index is 10.5. The highest BCUT2D eigenvalue weighted by molar-refractivity contribution is 6.41. The van der Waals surface area contributed by atoms with Crippen molar-refractivity contribution in [3.8, 4) is 0 Å². The quantitative estimate of drug-likeness (QED) is 0.587. The molecule has 1 aromatic heterocycles. The molecule has 1 aromatic rings. The molecule has 0 N–H and O–H groups in total. The van der Waals surface area contributed by atoms with Crippen LogP contribution in [0.1, 0.15) is 0 Å². The van der Waals surface area contributed by atoms with Gasteiger partial charge in [0.05, 0.1) is 11.3 Å². The third kappa shape index (κ3) is 1.26. The number of hydrogen-bond donors (Lipinski definition) is 0. The highest BCUT2D eigenvalue weighted by atomic mass is 35.5.